The summed E-state index contributed by atoms with van der Waals surface area (Å²) in [6.07, 6.45) is 11.7. The van der Waals surface area contributed by atoms with Crippen LogP contribution >= 0.6 is 11.6 Å². The Morgan fingerprint density at radius 3 is 2.84 bits per heavy atom. The molecule has 3 aromatic heterocycles. The second-order valence-corrected chi connectivity index (χ2v) is 6.92. The third-order valence-corrected chi connectivity index (χ3v) is 4.78. The van der Waals surface area contributed by atoms with Crippen LogP contribution in [-0.2, 0) is 6.54 Å². The van der Waals surface area contributed by atoms with Crippen molar-refractivity contribution in [2.75, 3.05) is 0 Å². The molecule has 25 heavy (non-hydrogen) atoms. The van der Waals surface area contributed by atoms with Crippen LogP contribution in [0, 0.1) is 0 Å². The standard InChI is InChI=1S/C19H16ClN5/c20-15-1-4-17-18(8-15)25(16-2-3-16)19(23-17)14-7-13(9-22-10-14)11-24-6-5-21-12-24/h1,4-10,12,16H,2-3,11H2. The van der Waals surface area contributed by atoms with Crippen molar-refractivity contribution in [1.82, 2.24) is 24.1 Å². The summed E-state index contributed by atoms with van der Waals surface area (Å²) >= 11 is 6.21. The summed E-state index contributed by atoms with van der Waals surface area (Å²) in [5.41, 5.74) is 4.25. The molecular weight excluding hydrogens is 334 g/mol. The first-order valence-corrected chi connectivity index (χ1v) is 8.73. The van der Waals surface area contributed by atoms with E-state index < -0.39 is 0 Å². The number of pyridine rings is 1. The van der Waals surface area contributed by atoms with E-state index in [4.69, 9.17) is 16.6 Å². The van der Waals surface area contributed by atoms with Crippen LogP contribution in [0.15, 0.2) is 55.4 Å². The lowest BCUT2D eigenvalue weighted by molar-refractivity contribution is 0.772. The molecule has 1 aromatic carbocycles. The zero-order valence-corrected chi connectivity index (χ0v) is 14.3. The predicted molar refractivity (Wildman–Crippen MR) is 97.6 cm³/mol. The van der Waals surface area contributed by atoms with Crippen LogP contribution in [0.4, 0.5) is 0 Å². The normalized spacial score (nSPS) is 14.3. The Bertz CT molecular complexity index is 1050. The first-order chi connectivity index (χ1) is 12.3. The van der Waals surface area contributed by atoms with Crippen LogP contribution in [0.3, 0.4) is 0 Å². The molecule has 0 radical (unpaired) electrons. The Labute approximate surface area is 149 Å². The van der Waals surface area contributed by atoms with E-state index in [9.17, 15) is 0 Å². The van der Waals surface area contributed by atoms with Gasteiger partial charge in [-0.25, -0.2) is 9.97 Å². The molecule has 1 aliphatic rings. The molecule has 1 saturated carbocycles. The van der Waals surface area contributed by atoms with E-state index in [0.29, 0.717) is 6.04 Å². The SMILES string of the molecule is Clc1ccc2nc(-c3cncc(Cn4ccnc4)c3)n(C3CC3)c2c1. The van der Waals surface area contributed by atoms with Crippen LogP contribution in [0.2, 0.25) is 5.02 Å². The number of nitrogens with zero attached hydrogens (tertiary/aromatic N) is 5. The number of fused-ring (bicyclic) bond motifs is 1. The van der Waals surface area contributed by atoms with E-state index in [1.165, 1.54) is 12.8 Å². The maximum Gasteiger partial charge on any atom is 0.142 e. The maximum absolute atomic E-state index is 6.21. The van der Waals surface area contributed by atoms with Crippen LogP contribution in [0.5, 0.6) is 0 Å². The van der Waals surface area contributed by atoms with Gasteiger partial charge in [0.2, 0.25) is 0 Å². The highest BCUT2D eigenvalue weighted by Gasteiger charge is 2.29. The Kier molecular flexibility index (Phi) is 3.35. The lowest BCUT2D eigenvalue weighted by Gasteiger charge is -2.09. The first kappa shape index (κ1) is 14.7. The number of hydrogen-bond acceptors (Lipinski definition) is 3. The molecule has 1 fully saturated rings. The van der Waals surface area contributed by atoms with Gasteiger partial charge in [-0.1, -0.05) is 11.6 Å². The van der Waals surface area contributed by atoms with Gasteiger partial charge in [0.15, 0.2) is 0 Å². The summed E-state index contributed by atoms with van der Waals surface area (Å²) in [7, 11) is 0. The smallest absolute Gasteiger partial charge is 0.142 e. The molecule has 0 spiro atoms. The summed E-state index contributed by atoms with van der Waals surface area (Å²) in [4.78, 5) is 13.4. The van der Waals surface area contributed by atoms with Crippen LogP contribution < -0.4 is 0 Å². The third kappa shape index (κ3) is 2.70. The third-order valence-electron chi connectivity index (χ3n) is 4.54. The van der Waals surface area contributed by atoms with E-state index >= 15 is 0 Å². The molecule has 1 aliphatic carbocycles. The van der Waals surface area contributed by atoms with Crippen molar-refractivity contribution in [2.24, 2.45) is 0 Å². The molecule has 124 valence electrons. The van der Waals surface area contributed by atoms with Crippen molar-refractivity contribution in [3.05, 3.63) is 66.0 Å². The highest BCUT2D eigenvalue weighted by atomic mass is 35.5. The van der Waals surface area contributed by atoms with Crippen molar-refractivity contribution in [2.45, 2.75) is 25.4 Å². The number of hydrogen-bond donors (Lipinski definition) is 0. The van der Waals surface area contributed by atoms with E-state index in [1.807, 2.05) is 47.7 Å². The zero-order valence-electron chi connectivity index (χ0n) is 13.5. The Morgan fingerprint density at radius 1 is 1.12 bits per heavy atom. The Morgan fingerprint density at radius 2 is 2.04 bits per heavy atom. The summed E-state index contributed by atoms with van der Waals surface area (Å²) in [5, 5.41) is 0.743. The molecular formula is C19H16ClN5. The zero-order chi connectivity index (χ0) is 16.8. The highest BCUT2D eigenvalue weighted by Crippen LogP contribution is 2.41. The van der Waals surface area contributed by atoms with Gasteiger partial charge in [0, 0.05) is 41.4 Å². The van der Waals surface area contributed by atoms with Gasteiger partial charge < -0.3 is 9.13 Å². The van der Waals surface area contributed by atoms with Crippen LogP contribution in [-0.4, -0.2) is 24.1 Å². The molecule has 0 atom stereocenters. The van der Waals surface area contributed by atoms with E-state index in [1.54, 1.807) is 6.20 Å². The monoisotopic (exact) mass is 349 g/mol. The minimum absolute atomic E-state index is 0.510. The van der Waals surface area contributed by atoms with Crippen LogP contribution in [0.25, 0.3) is 22.4 Å². The average Bonchev–Trinajstić information content (AvgIpc) is 3.19. The quantitative estimate of drug-likeness (QED) is 0.551. The lowest BCUT2D eigenvalue weighted by atomic mass is 10.2. The summed E-state index contributed by atoms with van der Waals surface area (Å²) in [6, 6.07) is 8.56. The van der Waals surface area contributed by atoms with Crippen molar-refractivity contribution >= 4 is 22.6 Å². The summed E-state index contributed by atoms with van der Waals surface area (Å²) < 4.78 is 4.35. The van der Waals surface area contributed by atoms with Crippen molar-refractivity contribution in [3.63, 3.8) is 0 Å². The van der Waals surface area contributed by atoms with Gasteiger partial charge in [0.25, 0.3) is 0 Å². The van der Waals surface area contributed by atoms with Gasteiger partial charge in [0.05, 0.1) is 23.9 Å². The molecule has 5 rings (SSSR count). The Balaban J connectivity index is 1.62. The van der Waals surface area contributed by atoms with Crippen molar-refractivity contribution in [1.29, 1.82) is 0 Å². The number of benzene rings is 1. The van der Waals surface area contributed by atoms with Gasteiger partial charge in [-0.2, -0.15) is 0 Å². The molecule has 0 saturated heterocycles. The molecule has 0 aliphatic heterocycles. The molecule has 0 bridgehead atoms. The number of aromatic nitrogens is 5. The Hall–Kier alpha value is -2.66. The van der Waals surface area contributed by atoms with Gasteiger partial charge in [-0.15, -0.1) is 0 Å². The molecule has 5 nitrogen and oxygen atoms in total. The lowest BCUT2D eigenvalue weighted by Crippen LogP contribution is -2.00. The molecule has 0 unspecified atom stereocenters. The maximum atomic E-state index is 6.21. The minimum atomic E-state index is 0.510. The van der Waals surface area contributed by atoms with Crippen molar-refractivity contribution < 1.29 is 0 Å². The molecule has 0 N–H and O–H groups in total. The van der Waals surface area contributed by atoms with Crippen LogP contribution in [0.1, 0.15) is 24.4 Å². The van der Waals surface area contributed by atoms with Gasteiger partial charge >= 0.3 is 0 Å². The van der Waals surface area contributed by atoms with Gasteiger partial charge in [0.1, 0.15) is 5.82 Å². The number of imidazole rings is 2. The van der Waals surface area contributed by atoms with Gasteiger partial charge in [-0.05, 0) is 42.7 Å². The fourth-order valence-electron chi connectivity index (χ4n) is 3.26. The topological polar surface area (TPSA) is 48.5 Å². The molecule has 3 heterocycles. The van der Waals surface area contributed by atoms with E-state index in [2.05, 4.69) is 20.6 Å². The second-order valence-electron chi connectivity index (χ2n) is 6.49. The first-order valence-electron chi connectivity index (χ1n) is 8.35. The van der Waals surface area contributed by atoms with E-state index in [0.717, 1.165) is 39.6 Å². The second kappa shape index (κ2) is 5.70. The van der Waals surface area contributed by atoms with E-state index in [-0.39, 0.29) is 0 Å². The number of halogens is 1. The minimum Gasteiger partial charge on any atom is -0.333 e. The predicted octanol–water partition coefficient (Wildman–Crippen LogP) is 4.33. The molecule has 4 aromatic rings. The van der Waals surface area contributed by atoms with Gasteiger partial charge in [-0.3, -0.25) is 4.98 Å². The summed E-state index contributed by atoms with van der Waals surface area (Å²) in [6.45, 7) is 0.746. The highest BCUT2D eigenvalue weighted by molar-refractivity contribution is 6.31. The summed E-state index contributed by atoms with van der Waals surface area (Å²) in [5.74, 6) is 0.972. The average molecular weight is 350 g/mol. The molecule has 6 heteroatoms. The van der Waals surface area contributed by atoms with Crippen molar-refractivity contribution in [3.8, 4) is 11.4 Å². The number of rotatable bonds is 4. The fraction of sp³-hybridized carbons (Fsp3) is 0.211. The molecule has 0 amide bonds. The fourth-order valence-corrected chi connectivity index (χ4v) is 3.43. The largest absolute Gasteiger partial charge is 0.333 e.